The zero-order chi connectivity index (χ0) is 40.5. The Kier molecular flexibility index (Phi) is 13.2. The number of carbonyl (C=O) groups excluding carboxylic acids is 1. The van der Waals surface area contributed by atoms with Gasteiger partial charge in [0.15, 0.2) is 0 Å². The van der Waals surface area contributed by atoms with Gasteiger partial charge in [-0.2, -0.15) is 0 Å². The molecular formula is C46H61NO6P2. The molecule has 0 aromatic heterocycles. The first-order valence-electron chi connectivity index (χ1n) is 19.1. The van der Waals surface area contributed by atoms with Crippen molar-refractivity contribution in [1.82, 2.24) is 4.90 Å². The van der Waals surface area contributed by atoms with Crippen molar-refractivity contribution in [2.24, 2.45) is 0 Å². The molecule has 1 aliphatic heterocycles. The van der Waals surface area contributed by atoms with Gasteiger partial charge in [-0.05, 0) is 219 Å². The molecular weight excluding hydrogens is 724 g/mol. The maximum absolute atomic E-state index is 14.4. The van der Waals surface area contributed by atoms with Crippen LogP contribution in [0.3, 0.4) is 0 Å². The van der Waals surface area contributed by atoms with Crippen LogP contribution in [-0.2, 0) is 4.74 Å². The summed E-state index contributed by atoms with van der Waals surface area (Å²) >= 11 is 0. The zero-order valence-corrected chi connectivity index (χ0v) is 37.5. The Balaban J connectivity index is 1.69. The number of benzene rings is 4. The Morgan fingerprint density at radius 1 is 0.582 bits per heavy atom. The molecule has 1 fully saturated rings. The highest BCUT2D eigenvalue weighted by molar-refractivity contribution is 7.74. The molecule has 1 saturated heterocycles. The van der Waals surface area contributed by atoms with E-state index >= 15 is 0 Å². The fraction of sp³-hybridized carbons (Fsp3) is 0.457. The SMILES string of the molecule is COc1c(C)cc(P(C[C@@H]2C[C@H](P(c3cc(C)c(OC)c(C)c3)c3cc(C)c(OC)c(C)c3)CN2C(=O)OC(C)(C)C)c2cc(C)c(OC)c(C)c2)cc1C. The van der Waals surface area contributed by atoms with Crippen molar-refractivity contribution in [1.29, 1.82) is 0 Å². The monoisotopic (exact) mass is 785 g/mol. The molecule has 5 rings (SSSR count). The lowest BCUT2D eigenvalue weighted by molar-refractivity contribution is 0.0242. The average Bonchev–Trinajstić information content (AvgIpc) is 3.49. The Bertz CT molecular complexity index is 1840. The maximum atomic E-state index is 14.4. The van der Waals surface area contributed by atoms with Gasteiger partial charge in [0.25, 0.3) is 0 Å². The minimum atomic E-state index is -0.916. The first-order chi connectivity index (χ1) is 25.9. The first kappa shape index (κ1) is 42.4. The van der Waals surface area contributed by atoms with Crippen LogP contribution in [0.2, 0.25) is 0 Å². The van der Waals surface area contributed by atoms with E-state index in [0.29, 0.717) is 6.54 Å². The fourth-order valence-electron chi connectivity index (χ4n) is 8.53. The van der Waals surface area contributed by atoms with E-state index in [1.807, 2.05) is 20.8 Å². The summed E-state index contributed by atoms with van der Waals surface area (Å²) in [6.07, 6.45) is 1.39. The molecule has 0 spiro atoms. The van der Waals surface area contributed by atoms with E-state index in [2.05, 4.69) is 109 Å². The molecule has 2 atom stereocenters. The predicted molar refractivity (Wildman–Crippen MR) is 232 cm³/mol. The molecule has 4 aromatic carbocycles. The second-order valence-corrected chi connectivity index (χ2v) is 20.9. The highest BCUT2D eigenvalue weighted by Gasteiger charge is 2.43. The minimum absolute atomic E-state index is 0.0535. The Labute approximate surface area is 332 Å². The number of carbonyl (C=O) groups is 1. The van der Waals surface area contributed by atoms with Crippen molar-refractivity contribution in [2.75, 3.05) is 41.1 Å². The maximum Gasteiger partial charge on any atom is 0.410 e. The molecule has 0 unspecified atom stereocenters. The normalized spacial score (nSPS) is 15.8. The van der Waals surface area contributed by atoms with E-state index in [4.69, 9.17) is 23.7 Å². The van der Waals surface area contributed by atoms with Gasteiger partial charge in [0.1, 0.15) is 28.6 Å². The van der Waals surface area contributed by atoms with E-state index in [1.54, 1.807) is 28.4 Å². The van der Waals surface area contributed by atoms with Gasteiger partial charge in [0.2, 0.25) is 0 Å². The van der Waals surface area contributed by atoms with E-state index < -0.39 is 21.4 Å². The number of aryl methyl sites for hydroxylation is 8. The summed E-state index contributed by atoms with van der Waals surface area (Å²) < 4.78 is 29.4. The van der Waals surface area contributed by atoms with Gasteiger partial charge in [0.05, 0.1) is 28.4 Å². The average molecular weight is 786 g/mol. The number of hydrogen-bond donors (Lipinski definition) is 0. The number of likely N-dealkylation sites (tertiary alicyclic amines) is 1. The van der Waals surface area contributed by atoms with Crippen LogP contribution < -0.4 is 40.2 Å². The number of methoxy groups -OCH3 is 4. The number of hydrogen-bond acceptors (Lipinski definition) is 6. The van der Waals surface area contributed by atoms with Crippen LogP contribution >= 0.6 is 15.8 Å². The van der Waals surface area contributed by atoms with Crippen molar-refractivity contribution in [2.45, 2.75) is 99.9 Å². The number of amides is 1. The quantitative estimate of drug-likeness (QED) is 0.142. The topological polar surface area (TPSA) is 66.5 Å². The standard InChI is InChI=1S/C46H61NO6P2/c1-27-16-36(17-28(2)41(27)49-12)54(37-18-29(3)42(50-13)30(4)19-37)26-35-24-40(25-47(35)45(48)53-46(9,10)11)55(38-20-31(5)43(51-14)32(6)21-38)39-22-33(7)44(52-15)34(8)23-39/h16-23,35,40H,24-26H2,1-15H3/t35-,40-/m0/s1. The zero-order valence-electron chi connectivity index (χ0n) is 35.7. The van der Waals surface area contributed by atoms with Gasteiger partial charge in [-0.15, -0.1) is 0 Å². The lowest BCUT2D eigenvalue weighted by Gasteiger charge is -2.31. The van der Waals surface area contributed by atoms with Crippen molar-refractivity contribution < 1.29 is 28.5 Å². The summed E-state index contributed by atoms with van der Waals surface area (Å²) in [6.45, 7) is 23.4. The number of nitrogens with zero attached hydrogens (tertiary/aromatic N) is 1. The smallest absolute Gasteiger partial charge is 0.410 e. The van der Waals surface area contributed by atoms with Crippen LogP contribution in [0.15, 0.2) is 48.5 Å². The van der Waals surface area contributed by atoms with Crippen LogP contribution in [0.4, 0.5) is 4.79 Å². The molecule has 55 heavy (non-hydrogen) atoms. The van der Waals surface area contributed by atoms with Crippen molar-refractivity contribution >= 4 is 43.2 Å². The van der Waals surface area contributed by atoms with Crippen LogP contribution in [0, 0.1) is 55.4 Å². The Hall–Kier alpha value is -3.79. The predicted octanol–water partition coefficient (Wildman–Crippen LogP) is 9.13. The Morgan fingerprint density at radius 3 is 1.18 bits per heavy atom. The fourth-order valence-corrected chi connectivity index (χ4v) is 14.7. The molecule has 0 N–H and O–H groups in total. The minimum Gasteiger partial charge on any atom is -0.496 e. The molecule has 1 aliphatic rings. The number of rotatable bonds is 11. The summed E-state index contributed by atoms with van der Waals surface area (Å²) in [5.41, 5.74) is 8.46. The molecule has 4 aromatic rings. The van der Waals surface area contributed by atoms with Gasteiger partial charge < -0.3 is 28.6 Å². The van der Waals surface area contributed by atoms with Crippen LogP contribution in [-0.4, -0.2) is 69.4 Å². The second-order valence-electron chi connectivity index (χ2n) is 16.1. The third-order valence-electron chi connectivity index (χ3n) is 10.6. The van der Waals surface area contributed by atoms with E-state index in [-0.39, 0.29) is 17.8 Å². The Morgan fingerprint density at radius 2 is 0.891 bits per heavy atom. The summed E-state index contributed by atoms with van der Waals surface area (Å²) in [5, 5.41) is 5.11. The summed E-state index contributed by atoms with van der Waals surface area (Å²) in [6, 6.07) is 18.3. The molecule has 0 radical (unpaired) electrons. The highest BCUT2D eigenvalue weighted by atomic mass is 31.1. The van der Waals surface area contributed by atoms with Gasteiger partial charge in [-0.25, -0.2) is 4.79 Å². The van der Waals surface area contributed by atoms with E-state index in [9.17, 15) is 4.79 Å². The van der Waals surface area contributed by atoms with Crippen molar-refractivity contribution in [3.05, 3.63) is 93.0 Å². The van der Waals surface area contributed by atoms with Crippen molar-refractivity contribution in [3.8, 4) is 23.0 Å². The molecule has 9 heteroatoms. The van der Waals surface area contributed by atoms with Crippen LogP contribution in [0.5, 0.6) is 23.0 Å². The van der Waals surface area contributed by atoms with Gasteiger partial charge >= 0.3 is 6.09 Å². The molecule has 0 saturated carbocycles. The molecule has 296 valence electrons. The second kappa shape index (κ2) is 17.1. The number of ether oxygens (including phenoxy) is 5. The van der Waals surface area contributed by atoms with E-state index in [0.717, 1.165) is 80.1 Å². The molecule has 1 amide bonds. The third-order valence-corrected chi connectivity index (χ3v) is 15.8. The van der Waals surface area contributed by atoms with Crippen molar-refractivity contribution in [3.63, 3.8) is 0 Å². The molecule has 1 heterocycles. The molecule has 0 bridgehead atoms. The lowest BCUT2D eigenvalue weighted by atomic mass is 10.1. The van der Waals surface area contributed by atoms with Crippen LogP contribution in [0.25, 0.3) is 0 Å². The van der Waals surface area contributed by atoms with E-state index in [1.165, 1.54) is 21.2 Å². The molecule has 7 nitrogen and oxygen atoms in total. The summed E-state index contributed by atoms with van der Waals surface area (Å²) in [7, 11) is 5.13. The molecule has 0 aliphatic carbocycles. The third kappa shape index (κ3) is 9.11. The highest BCUT2D eigenvalue weighted by Crippen LogP contribution is 2.50. The van der Waals surface area contributed by atoms with Gasteiger partial charge in [-0.1, -0.05) is 0 Å². The summed E-state index contributed by atoms with van der Waals surface area (Å²) in [4.78, 5) is 16.4. The lowest BCUT2D eigenvalue weighted by Crippen LogP contribution is -2.42. The largest absolute Gasteiger partial charge is 0.496 e. The van der Waals surface area contributed by atoms with Gasteiger partial charge in [-0.3, -0.25) is 0 Å². The van der Waals surface area contributed by atoms with Gasteiger partial charge in [0, 0.05) is 18.2 Å². The summed E-state index contributed by atoms with van der Waals surface area (Å²) in [5.74, 6) is 3.67. The van der Waals surface area contributed by atoms with Crippen LogP contribution in [0.1, 0.15) is 71.7 Å². The first-order valence-corrected chi connectivity index (χ1v) is 22.0.